The first-order chi connectivity index (χ1) is 8.65. The van der Waals surface area contributed by atoms with Gasteiger partial charge in [0.05, 0.1) is 18.5 Å². The molecule has 0 aromatic carbocycles. The van der Waals surface area contributed by atoms with Crippen LogP contribution in [0.1, 0.15) is 42.7 Å². The minimum Gasteiger partial charge on any atom is -0.462 e. The van der Waals surface area contributed by atoms with E-state index in [4.69, 9.17) is 4.74 Å². The van der Waals surface area contributed by atoms with E-state index in [-0.39, 0.29) is 11.9 Å². The van der Waals surface area contributed by atoms with Crippen molar-refractivity contribution in [2.45, 2.75) is 26.7 Å². The first-order valence-corrected chi connectivity index (χ1v) is 6.68. The number of hydrogen-bond donors (Lipinski definition) is 0. The number of hydrogen-bond acceptors (Lipinski definition) is 5. The average Bonchev–Trinajstić information content (AvgIpc) is 2.97. The van der Waals surface area contributed by atoms with Gasteiger partial charge in [-0.05, 0) is 12.8 Å². The van der Waals surface area contributed by atoms with Gasteiger partial charge in [-0.3, -0.25) is 0 Å². The van der Waals surface area contributed by atoms with Crippen molar-refractivity contribution in [1.29, 1.82) is 0 Å². The minimum absolute atomic E-state index is 0.163. The van der Waals surface area contributed by atoms with E-state index in [1.54, 1.807) is 24.0 Å². The van der Waals surface area contributed by atoms with Crippen molar-refractivity contribution in [3.05, 3.63) is 29.0 Å². The fraction of sp³-hybridized carbons (Fsp3) is 0.417. The Balaban J connectivity index is 2.47. The van der Waals surface area contributed by atoms with Gasteiger partial charge in [0.2, 0.25) is 5.13 Å². The predicted octanol–water partition coefficient (Wildman–Crippen LogP) is 2.63. The smallest absolute Gasteiger partial charge is 0.341 e. The second kappa shape index (κ2) is 5.30. The van der Waals surface area contributed by atoms with Crippen molar-refractivity contribution in [3.8, 4) is 5.13 Å². The summed E-state index contributed by atoms with van der Waals surface area (Å²) in [4.78, 5) is 16.1. The van der Waals surface area contributed by atoms with Crippen molar-refractivity contribution in [2.75, 3.05) is 6.61 Å². The van der Waals surface area contributed by atoms with Gasteiger partial charge in [0.1, 0.15) is 5.56 Å². The van der Waals surface area contributed by atoms with Crippen LogP contribution in [0.4, 0.5) is 0 Å². The summed E-state index contributed by atoms with van der Waals surface area (Å²) in [5.41, 5.74) is 1.35. The van der Waals surface area contributed by atoms with Crippen LogP contribution in [0, 0.1) is 0 Å². The Morgan fingerprint density at radius 2 is 2.33 bits per heavy atom. The monoisotopic (exact) mass is 265 g/mol. The first-order valence-electron chi connectivity index (χ1n) is 5.80. The van der Waals surface area contributed by atoms with Crippen LogP contribution in [0.25, 0.3) is 5.13 Å². The summed E-state index contributed by atoms with van der Waals surface area (Å²) in [6, 6.07) is 0. The molecule has 2 heterocycles. The normalized spacial score (nSPS) is 10.9. The molecule has 0 saturated heterocycles. The molecule has 5 nitrogen and oxygen atoms in total. The summed E-state index contributed by atoms with van der Waals surface area (Å²) in [6.45, 7) is 6.19. The van der Waals surface area contributed by atoms with Crippen molar-refractivity contribution < 1.29 is 9.53 Å². The topological polar surface area (TPSA) is 57.0 Å². The van der Waals surface area contributed by atoms with Gasteiger partial charge in [-0.15, -0.1) is 11.3 Å². The number of nitrogens with zero attached hydrogens (tertiary/aromatic N) is 3. The molecule has 0 fully saturated rings. The molecule has 0 aliphatic carbocycles. The maximum atomic E-state index is 11.9. The number of ether oxygens (including phenoxy) is 1. The molecule has 2 rings (SSSR count). The summed E-state index contributed by atoms with van der Waals surface area (Å²) >= 11 is 1.48. The van der Waals surface area contributed by atoms with E-state index in [0.29, 0.717) is 12.2 Å². The van der Waals surface area contributed by atoms with Crippen molar-refractivity contribution in [1.82, 2.24) is 14.8 Å². The summed E-state index contributed by atoms with van der Waals surface area (Å²) in [5, 5.41) is 6.89. The first kappa shape index (κ1) is 12.8. The minimum atomic E-state index is -0.330. The summed E-state index contributed by atoms with van der Waals surface area (Å²) in [7, 11) is 0. The zero-order chi connectivity index (χ0) is 13.1. The van der Waals surface area contributed by atoms with Crippen LogP contribution >= 0.6 is 11.3 Å². The highest BCUT2D eigenvalue weighted by Crippen LogP contribution is 2.24. The average molecular weight is 265 g/mol. The molecule has 2 aromatic heterocycles. The van der Waals surface area contributed by atoms with Gasteiger partial charge in [0.15, 0.2) is 0 Å². The van der Waals surface area contributed by atoms with E-state index in [9.17, 15) is 4.79 Å². The molecule has 0 atom stereocenters. The van der Waals surface area contributed by atoms with Crippen LogP contribution in [0.2, 0.25) is 0 Å². The van der Waals surface area contributed by atoms with Gasteiger partial charge in [0.25, 0.3) is 0 Å². The van der Waals surface area contributed by atoms with E-state index in [1.807, 2.05) is 19.2 Å². The summed E-state index contributed by atoms with van der Waals surface area (Å²) in [6.07, 6.45) is 3.27. The fourth-order valence-electron chi connectivity index (χ4n) is 1.75. The van der Waals surface area contributed by atoms with Crippen molar-refractivity contribution in [3.63, 3.8) is 0 Å². The lowest BCUT2D eigenvalue weighted by molar-refractivity contribution is 0.0524. The Labute approximate surface area is 109 Å². The largest absolute Gasteiger partial charge is 0.462 e. The standard InChI is InChI=1S/C12H15N3O2S/c1-4-17-11(16)9-7-14-15(10(9)8(2)3)12-13-5-6-18-12/h5-8H,4H2,1-3H3. The second-order valence-electron chi connectivity index (χ2n) is 4.05. The fourth-order valence-corrected chi connectivity index (χ4v) is 2.36. The summed E-state index contributed by atoms with van der Waals surface area (Å²) < 4.78 is 6.75. The molecule has 0 amide bonds. The van der Waals surface area contributed by atoms with Crippen LogP contribution in [0.3, 0.4) is 0 Å². The van der Waals surface area contributed by atoms with Gasteiger partial charge in [-0.25, -0.2) is 14.5 Å². The zero-order valence-electron chi connectivity index (χ0n) is 10.6. The van der Waals surface area contributed by atoms with Crippen molar-refractivity contribution >= 4 is 17.3 Å². The van der Waals surface area contributed by atoms with Crippen LogP contribution in [-0.2, 0) is 4.74 Å². The quantitative estimate of drug-likeness (QED) is 0.797. The Morgan fingerprint density at radius 3 is 2.89 bits per heavy atom. The Bertz CT molecular complexity index is 532. The van der Waals surface area contributed by atoms with Gasteiger partial charge in [0, 0.05) is 11.6 Å². The van der Waals surface area contributed by atoms with E-state index in [1.165, 1.54) is 11.3 Å². The molecular formula is C12H15N3O2S. The molecule has 0 saturated carbocycles. The molecule has 0 aliphatic heterocycles. The molecule has 0 radical (unpaired) electrons. The number of carbonyl (C=O) groups is 1. The maximum absolute atomic E-state index is 11.9. The van der Waals surface area contributed by atoms with E-state index < -0.39 is 0 Å². The lowest BCUT2D eigenvalue weighted by Crippen LogP contribution is -2.10. The highest BCUT2D eigenvalue weighted by atomic mass is 32.1. The van der Waals surface area contributed by atoms with Crippen LogP contribution in [-0.4, -0.2) is 27.3 Å². The van der Waals surface area contributed by atoms with Crippen LogP contribution in [0.15, 0.2) is 17.8 Å². The van der Waals surface area contributed by atoms with Gasteiger partial charge >= 0.3 is 5.97 Å². The van der Waals surface area contributed by atoms with Crippen LogP contribution < -0.4 is 0 Å². The molecule has 0 N–H and O–H groups in total. The van der Waals surface area contributed by atoms with E-state index in [2.05, 4.69) is 10.1 Å². The van der Waals surface area contributed by atoms with E-state index >= 15 is 0 Å². The van der Waals surface area contributed by atoms with Crippen molar-refractivity contribution in [2.24, 2.45) is 0 Å². The maximum Gasteiger partial charge on any atom is 0.341 e. The molecule has 18 heavy (non-hydrogen) atoms. The number of rotatable bonds is 4. The molecule has 2 aromatic rings. The Hall–Kier alpha value is -1.69. The third-order valence-corrected chi connectivity index (χ3v) is 3.20. The Morgan fingerprint density at radius 1 is 1.56 bits per heavy atom. The number of esters is 1. The molecule has 0 bridgehead atoms. The second-order valence-corrected chi connectivity index (χ2v) is 4.92. The van der Waals surface area contributed by atoms with Gasteiger partial charge in [-0.2, -0.15) is 5.10 Å². The number of carbonyl (C=O) groups excluding carboxylic acids is 1. The molecule has 0 spiro atoms. The number of thiazole rings is 1. The highest BCUT2D eigenvalue weighted by Gasteiger charge is 2.22. The lowest BCUT2D eigenvalue weighted by Gasteiger charge is -2.10. The number of aromatic nitrogens is 3. The van der Waals surface area contributed by atoms with Crippen LogP contribution in [0.5, 0.6) is 0 Å². The lowest BCUT2D eigenvalue weighted by atomic mass is 10.1. The third kappa shape index (κ3) is 2.28. The molecule has 6 heteroatoms. The predicted molar refractivity (Wildman–Crippen MR) is 69.3 cm³/mol. The van der Waals surface area contributed by atoms with Gasteiger partial charge in [-0.1, -0.05) is 13.8 Å². The molecule has 0 aliphatic rings. The molecule has 0 unspecified atom stereocenters. The van der Waals surface area contributed by atoms with Gasteiger partial charge < -0.3 is 4.74 Å². The SMILES string of the molecule is CCOC(=O)c1cnn(-c2nccs2)c1C(C)C. The molecular weight excluding hydrogens is 250 g/mol. The van der Waals surface area contributed by atoms with E-state index in [0.717, 1.165) is 10.8 Å². The summed E-state index contributed by atoms with van der Waals surface area (Å²) in [5.74, 6) is -0.167. The zero-order valence-corrected chi connectivity index (χ0v) is 11.4. The Kier molecular flexibility index (Phi) is 3.76. The highest BCUT2D eigenvalue weighted by molar-refractivity contribution is 7.12. The molecule has 96 valence electrons. The third-order valence-electron chi connectivity index (χ3n) is 2.45.